The summed E-state index contributed by atoms with van der Waals surface area (Å²) in [7, 11) is 1.66. The maximum atomic E-state index is 12.1. The molecule has 2 N–H and O–H groups in total. The third-order valence-electron chi connectivity index (χ3n) is 3.08. The number of benzene rings is 1. The second-order valence-electron chi connectivity index (χ2n) is 4.82. The van der Waals surface area contributed by atoms with E-state index in [0.717, 1.165) is 0 Å². The van der Waals surface area contributed by atoms with Crippen molar-refractivity contribution >= 4 is 29.0 Å². The first-order valence-corrected chi connectivity index (χ1v) is 7.26. The zero-order chi connectivity index (χ0) is 15.9. The molecule has 116 valence electrons. The summed E-state index contributed by atoms with van der Waals surface area (Å²) in [5.74, 6) is 0.467. The Hall–Kier alpha value is -2.11. The Kier molecular flexibility index (Phi) is 5.75. The maximum absolute atomic E-state index is 12.1. The molecule has 0 saturated heterocycles. The van der Waals surface area contributed by atoms with Crippen LogP contribution in [0.2, 0.25) is 5.02 Å². The number of nitrogens with zero attached hydrogens (tertiary/aromatic N) is 1. The average Bonchev–Trinajstić information content (AvgIpc) is 2.53. The minimum Gasteiger partial charge on any atom is -0.380 e. The molecule has 0 radical (unpaired) electrons. The van der Waals surface area contributed by atoms with Gasteiger partial charge in [-0.1, -0.05) is 17.7 Å². The standard InChI is InChI=1S/C16H18ClN3O2/c1-11(22-2)9-18-15-7-6-12(10-19-15)16(21)20-14-5-3-4-13(17)8-14/h3-8,10-11H,9H2,1-2H3,(H,18,19)(H,20,21). The predicted molar refractivity (Wildman–Crippen MR) is 88.6 cm³/mol. The lowest BCUT2D eigenvalue weighted by Crippen LogP contribution is -2.19. The number of rotatable bonds is 6. The largest absolute Gasteiger partial charge is 0.380 e. The van der Waals surface area contributed by atoms with Gasteiger partial charge in [0.2, 0.25) is 0 Å². The number of carbonyl (C=O) groups excluding carboxylic acids is 1. The van der Waals surface area contributed by atoms with Crippen molar-refractivity contribution in [3.05, 3.63) is 53.2 Å². The van der Waals surface area contributed by atoms with Crippen LogP contribution in [0.4, 0.5) is 11.5 Å². The highest BCUT2D eigenvalue weighted by atomic mass is 35.5. The van der Waals surface area contributed by atoms with E-state index in [4.69, 9.17) is 16.3 Å². The van der Waals surface area contributed by atoms with Crippen molar-refractivity contribution in [2.24, 2.45) is 0 Å². The van der Waals surface area contributed by atoms with E-state index in [9.17, 15) is 4.79 Å². The molecule has 1 amide bonds. The van der Waals surface area contributed by atoms with Crippen LogP contribution in [0.3, 0.4) is 0 Å². The first-order valence-electron chi connectivity index (χ1n) is 6.88. The summed E-state index contributed by atoms with van der Waals surface area (Å²) in [4.78, 5) is 16.3. The van der Waals surface area contributed by atoms with E-state index >= 15 is 0 Å². The first-order chi connectivity index (χ1) is 10.6. The van der Waals surface area contributed by atoms with Crippen molar-refractivity contribution in [1.82, 2.24) is 4.98 Å². The number of nitrogens with one attached hydrogen (secondary N) is 2. The smallest absolute Gasteiger partial charge is 0.257 e. The second-order valence-corrected chi connectivity index (χ2v) is 5.26. The van der Waals surface area contributed by atoms with Gasteiger partial charge in [-0.15, -0.1) is 0 Å². The van der Waals surface area contributed by atoms with Crippen molar-refractivity contribution in [1.29, 1.82) is 0 Å². The molecule has 1 atom stereocenters. The van der Waals surface area contributed by atoms with Gasteiger partial charge in [0, 0.05) is 30.6 Å². The molecule has 0 aliphatic heterocycles. The van der Waals surface area contributed by atoms with Crippen LogP contribution in [0.1, 0.15) is 17.3 Å². The SMILES string of the molecule is COC(C)CNc1ccc(C(=O)Nc2cccc(Cl)c2)cn1. The van der Waals surface area contributed by atoms with Gasteiger partial charge in [0.15, 0.2) is 0 Å². The fourth-order valence-electron chi connectivity index (χ4n) is 1.73. The third kappa shape index (κ3) is 4.72. The lowest BCUT2D eigenvalue weighted by atomic mass is 10.2. The van der Waals surface area contributed by atoms with E-state index in [0.29, 0.717) is 28.6 Å². The van der Waals surface area contributed by atoms with Gasteiger partial charge in [0.1, 0.15) is 5.82 Å². The molecule has 0 aliphatic rings. The van der Waals surface area contributed by atoms with Gasteiger partial charge in [-0.05, 0) is 37.3 Å². The highest BCUT2D eigenvalue weighted by molar-refractivity contribution is 6.30. The summed E-state index contributed by atoms with van der Waals surface area (Å²) < 4.78 is 5.14. The Balaban J connectivity index is 1.96. The molecule has 6 heteroatoms. The monoisotopic (exact) mass is 319 g/mol. The number of hydrogen-bond donors (Lipinski definition) is 2. The summed E-state index contributed by atoms with van der Waals surface area (Å²) >= 11 is 5.89. The predicted octanol–water partition coefficient (Wildman–Crippen LogP) is 3.43. The molecule has 1 unspecified atom stereocenters. The Morgan fingerprint density at radius 2 is 2.18 bits per heavy atom. The van der Waals surface area contributed by atoms with Gasteiger partial charge in [0.25, 0.3) is 5.91 Å². The summed E-state index contributed by atoms with van der Waals surface area (Å²) in [5.41, 5.74) is 1.12. The van der Waals surface area contributed by atoms with Gasteiger partial charge in [-0.2, -0.15) is 0 Å². The van der Waals surface area contributed by atoms with E-state index in [2.05, 4.69) is 15.6 Å². The van der Waals surface area contributed by atoms with Crippen LogP contribution in [-0.2, 0) is 4.74 Å². The first kappa shape index (κ1) is 16.3. The number of ether oxygens (including phenoxy) is 1. The van der Waals surface area contributed by atoms with Crippen molar-refractivity contribution in [3.63, 3.8) is 0 Å². The lowest BCUT2D eigenvalue weighted by Gasteiger charge is -2.11. The number of anilines is 2. The molecule has 2 aromatic rings. The molecule has 0 bridgehead atoms. The van der Waals surface area contributed by atoms with E-state index in [1.165, 1.54) is 6.20 Å². The van der Waals surface area contributed by atoms with Crippen LogP contribution in [0, 0.1) is 0 Å². The van der Waals surface area contributed by atoms with Gasteiger partial charge in [-0.3, -0.25) is 4.79 Å². The number of carbonyl (C=O) groups is 1. The molecule has 0 fully saturated rings. The molecule has 22 heavy (non-hydrogen) atoms. The number of aromatic nitrogens is 1. The third-order valence-corrected chi connectivity index (χ3v) is 3.32. The van der Waals surface area contributed by atoms with E-state index in [-0.39, 0.29) is 12.0 Å². The molecular formula is C16H18ClN3O2. The molecule has 1 aromatic carbocycles. The zero-order valence-corrected chi connectivity index (χ0v) is 13.2. The van der Waals surface area contributed by atoms with Crippen LogP contribution in [0.5, 0.6) is 0 Å². The number of hydrogen-bond acceptors (Lipinski definition) is 4. The summed E-state index contributed by atoms with van der Waals surface area (Å²) in [6.45, 7) is 2.61. The molecule has 0 saturated carbocycles. The summed E-state index contributed by atoms with van der Waals surface area (Å²) in [6, 6.07) is 10.5. The molecule has 1 heterocycles. The molecule has 2 rings (SSSR count). The number of methoxy groups -OCH3 is 1. The Morgan fingerprint density at radius 1 is 1.36 bits per heavy atom. The minimum absolute atomic E-state index is 0.0904. The Bertz CT molecular complexity index is 632. The fourth-order valence-corrected chi connectivity index (χ4v) is 1.92. The second kappa shape index (κ2) is 7.77. The summed E-state index contributed by atoms with van der Waals surface area (Å²) in [5, 5.41) is 6.48. The van der Waals surface area contributed by atoms with Gasteiger partial charge < -0.3 is 15.4 Å². The fraction of sp³-hybridized carbons (Fsp3) is 0.250. The quantitative estimate of drug-likeness (QED) is 0.856. The molecule has 0 spiro atoms. The van der Waals surface area contributed by atoms with Crippen LogP contribution in [0.15, 0.2) is 42.6 Å². The van der Waals surface area contributed by atoms with Gasteiger partial charge in [-0.25, -0.2) is 4.98 Å². The minimum atomic E-state index is -0.230. The van der Waals surface area contributed by atoms with Crippen LogP contribution in [0.25, 0.3) is 0 Å². The van der Waals surface area contributed by atoms with Crippen molar-refractivity contribution < 1.29 is 9.53 Å². The number of pyridine rings is 1. The van der Waals surface area contributed by atoms with Crippen LogP contribution < -0.4 is 10.6 Å². The van der Waals surface area contributed by atoms with Crippen LogP contribution >= 0.6 is 11.6 Å². The average molecular weight is 320 g/mol. The molecule has 0 aliphatic carbocycles. The van der Waals surface area contributed by atoms with E-state index in [1.807, 2.05) is 6.92 Å². The zero-order valence-electron chi connectivity index (χ0n) is 12.5. The normalized spacial score (nSPS) is 11.8. The Morgan fingerprint density at radius 3 is 2.82 bits per heavy atom. The molecule has 5 nitrogen and oxygen atoms in total. The van der Waals surface area contributed by atoms with Crippen molar-refractivity contribution in [3.8, 4) is 0 Å². The van der Waals surface area contributed by atoms with Crippen molar-refractivity contribution in [2.45, 2.75) is 13.0 Å². The molecular weight excluding hydrogens is 302 g/mol. The van der Waals surface area contributed by atoms with Crippen LogP contribution in [-0.4, -0.2) is 30.6 Å². The number of amides is 1. The lowest BCUT2D eigenvalue weighted by molar-refractivity contribution is 0.102. The van der Waals surface area contributed by atoms with Gasteiger partial charge >= 0.3 is 0 Å². The Labute approximate surface area is 134 Å². The van der Waals surface area contributed by atoms with E-state index in [1.54, 1.807) is 43.5 Å². The maximum Gasteiger partial charge on any atom is 0.257 e. The number of halogens is 1. The van der Waals surface area contributed by atoms with E-state index < -0.39 is 0 Å². The van der Waals surface area contributed by atoms with Gasteiger partial charge in [0.05, 0.1) is 11.7 Å². The molecule has 1 aromatic heterocycles. The summed E-state index contributed by atoms with van der Waals surface area (Å²) in [6.07, 6.45) is 1.62. The topological polar surface area (TPSA) is 63.2 Å². The highest BCUT2D eigenvalue weighted by Gasteiger charge is 2.07. The van der Waals surface area contributed by atoms with Crippen molar-refractivity contribution in [2.75, 3.05) is 24.3 Å². The highest BCUT2D eigenvalue weighted by Crippen LogP contribution is 2.16.